The summed E-state index contributed by atoms with van der Waals surface area (Å²) in [4.78, 5) is 0. The molecule has 0 bridgehead atoms. The molecule has 0 aliphatic carbocycles. The fourth-order valence-corrected chi connectivity index (χ4v) is 3.85. The van der Waals surface area contributed by atoms with Gasteiger partial charge in [0.05, 0.1) is 15.7 Å². The first kappa shape index (κ1) is 25.7. The molecule has 4 nitrogen and oxygen atoms in total. The van der Waals surface area contributed by atoms with Crippen molar-refractivity contribution in [1.29, 1.82) is 0 Å². The van der Waals surface area contributed by atoms with Crippen LogP contribution in [0.25, 0.3) is 16.8 Å². The maximum absolute atomic E-state index is 13.3. The molecule has 0 amide bonds. The zero-order chi connectivity index (χ0) is 26.1. The lowest BCUT2D eigenvalue weighted by Crippen LogP contribution is -2.16. The summed E-state index contributed by atoms with van der Waals surface area (Å²) < 4.78 is 87.4. The average Bonchev–Trinajstić information content (AvgIpc) is 3.22. The van der Waals surface area contributed by atoms with Gasteiger partial charge in [-0.2, -0.15) is 18.3 Å². The van der Waals surface area contributed by atoms with E-state index in [2.05, 4.69) is 9.84 Å². The first-order chi connectivity index (χ1) is 16.9. The number of aromatic nitrogens is 2. The summed E-state index contributed by atoms with van der Waals surface area (Å²) in [6.07, 6.45) is -9.48. The minimum absolute atomic E-state index is 0.0571. The summed E-state index contributed by atoms with van der Waals surface area (Å²) in [6.45, 7) is -0.284. The smallest absolute Gasteiger partial charge is 0.487 e. The molecule has 1 aromatic heterocycles. The van der Waals surface area contributed by atoms with Gasteiger partial charge < -0.3 is 9.47 Å². The second kappa shape index (κ2) is 9.94. The van der Waals surface area contributed by atoms with Gasteiger partial charge in [-0.25, -0.2) is 4.68 Å². The fourth-order valence-electron chi connectivity index (χ4n) is 3.30. The number of hydrogen-bond donors (Lipinski definition) is 0. The Morgan fingerprint density at radius 3 is 1.78 bits per heavy atom. The number of alkyl halides is 6. The third kappa shape index (κ3) is 6.06. The minimum atomic E-state index is -4.78. The monoisotopic (exact) mass is 546 g/mol. The molecule has 0 saturated carbocycles. The van der Waals surface area contributed by atoms with E-state index in [0.29, 0.717) is 16.9 Å². The molecule has 1 heterocycles. The number of halogens is 8. The second-order valence-electron chi connectivity index (χ2n) is 7.39. The van der Waals surface area contributed by atoms with Crippen molar-refractivity contribution < 1.29 is 35.8 Å². The van der Waals surface area contributed by atoms with Crippen LogP contribution < -0.4 is 9.47 Å². The van der Waals surface area contributed by atoms with Crippen LogP contribution >= 0.6 is 23.2 Å². The van der Waals surface area contributed by atoms with Gasteiger partial charge in [0, 0.05) is 0 Å². The molecule has 4 aromatic rings. The normalized spacial score (nSPS) is 12.0. The Kier molecular flexibility index (Phi) is 7.10. The third-order valence-electron chi connectivity index (χ3n) is 4.89. The largest absolute Gasteiger partial charge is 0.573 e. The summed E-state index contributed by atoms with van der Waals surface area (Å²) in [5.41, 5.74) is 0.306. The van der Waals surface area contributed by atoms with Crippen LogP contribution in [0, 0.1) is 0 Å². The highest BCUT2D eigenvalue weighted by Gasteiger charge is 2.35. The van der Waals surface area contributed by atoms with Gasteiger partial charge in [-0.15, -0.1) is 13.2 Å². The first-order valence-corrected chi connectivity index (χ1v) is 10.9. The number of hydrogen-bond acceptors (Lipinski definition) is 3. The number of ether oxygens (including phenoxy) is 2. The molecule has 12 heteroatoms. The molecule has 0 N–H and O–H groups in total. The lowest BCUT2D eigenvalue weighted by atomic mass is 10.1. The summed E-state index contributed by atoms with van der Waals surface area (Å²) >= 11 is 12.3. The SMILES string of the molecule is FC(F)(F)Oc1ccc(-c2ccc(OCc3cc(C(F)(F)F)nn3-c3c(Cl)cccc3Cl)cc2)cc1. The molecule has 0 fully saturated rings. The van der Waals surface area contributed by atoms with Gasteiger partial charge in [-0.1, -0.05) is 53.5 Å². The van der Waals surface area contributed by atoms with Crippen LogP contribution in [0.5, 0.6) is 11.5 Å². The van der Waals surface area contributed by atoms with Gasteiger partial charge in [0.15, 0.2) is 5.69 Å². The minimum Gasteiger partial charge on any atom is -0.487 e. The maximum atomic E-state index is 13.3. The zero-order valence-electron chi connectivity index (χ0n) is 17.9. The number of rotatable bonds is 6. The van der Waals surface area contributed by atoms with E-state index in [9.17, 15) is 26.3 Å². The molecule has 0 saturated heterocycles. The Morgan fingerprint density at radius 2 is 1.28 bits per heavy atom. The summed E-state index contributed by atoms with van der Waals surface area (Å²) in [7, 11) is 0. The van der Waals surface area contributed by atoms with Gasteiger partial charge in [0.1, 0.15) is 23.8 Å². The summed E-state index contributed by atoms with van der Waals surface area (Å²) in [6, 6.07) is 17.1. The van der Waals surface area contributed by atoms with Crippen LogP contribution in [-0.4, -0.2) is 16.1 Å². The van der Waals surface area contributed by atoms with Gasteiger partial charge in [0.25, 0.3) is 0 Å². The predicted molar refractivity (Wildman–Crippen MR) is 121 cm³/mol. The molecule has 188 valence electrons. The van der Waals surface area contributed by atoms with E-state index < -0.39 is 18.2 Å². The number of benzene rings is 3. The number of nitrogens with zero attached hydrogens (tertiary/aromatic N) is 2. The lowest BCUT2D eigenvalue weighted by Gasteiger charge is -2.12. The van der Waals surface area contributed by atoms with Crippen molar-refractivity contribution in [2.75, 3.05) is 0 Å². The Bertz CT molecular complexity index is 1330. The molecule has 3 aromatic carbocycles. The number of para-hydroxylation sites is 1. The lowest BCUT2D eigenvalue weighted by molar-refractivity contribution is -0.274. The molecule has 0 unspecified atom stereocenters. The second-order valence-corrected chi connectivity index (χ2v) is 8.20. The predicted octanol–water partition coefficient (Wildman–Crippen LogP) is 8.34. The van der Waals surface area contributed by atoms with Crippen LogP contribution in [0.2, 0.25) is 10.0 Å². The van der Waals surface area contributed by atoms with Gasteiger partial charge in [-0.3, -0.25) is 0 Å². The Balaban J connectivity index is 1.53. The summed E-state index contributed by atoms with van der Waals surface area (Å²) in [5, 5.41) is 3.85. The standard InChI is InChI=1S/C24H14Cl2F6N2O2/c25-19-2-1-3-20(26)22(19)34-16(12-21(33-34)23(27,28)29)13-35-17-8-4-14(5-9-17)15-6-10-18(11-7-15)36-24(30,31)32/h1-12H,13H2. The van der Waals surface area contributed by atoms with E-state index in [4.69, 9.17) is 27.9 Å². The Labute approximate surface area is 210 Å². The van der Waals surface area contributed by atoms with Gasteiger partial charge in [-0.05, 0) is 53.6 Å². The molecule has 4 rings (SSSR count). The highest BCUT2D eigenvalue weighted by Crippen LogP contribution is 2.34. The zero-order valence-corrected chi connectivity index (χ0v) is 19.4. The summed E-state index contributed by atoms with van der Waals surface area (Å²) in [5.74, 6) is -0.0120. The van der Waals surface area contributed by atoms with Crippen molar-refractivity contribution in [3.63, 3.8) is 0 Å². The maximum Gasteiger partial charge on any atom is 0.573 e. The van der Waals surface area contributed by atoms with Crippen molar-refractivity contribution in [3.8, 4) is 28.3 Å². The van der Waals surface area contributed by atoms with Gasteiger partial charge >= 0.3 is 12.5 Å². The molecule has 0 aliphatic rings. The molecular formula is C24H14Cl2F6N2O2. The van der Waals surface area contributed by atoms with Gasteiger partial charge in [0.2, 0.25) is 0 Å². The Morgan fingerprint density at radius 1 is 0.750 bits per heavy atom. The van der Waals surface area contributed by atoms with Crippen molar-refractivity contribution in [2.45, 2.75) is 19.1 Å². The van der Waals surface area contributed by atoms with Crippen LogP contribution in [0.15, 0.2) is 72.8 Å². The molecule has 0 atom stereocenters. The van der Waals surface area contributed by atoms with E-state index >= 15 is 0 Å². The highest BCUT2D eigenvalue weighted by atomic mass is 35.5. The van der Waals surface area contributed by atoms with Crippen molar-refractivity contribution in [2.24, 2.45) is 0 Å². The third-order valence-corrected chi connectivity index (χ3v) is 5.50. The quantitative estimate of drug-likeness (QED) is 0.228. The highest BCUT2D eigenvalue weighted by molar-refractivity contribution is 6.37. The topological polar surface area (TPSA) is 36.3 Å². The average molecular weight is 547 g/mol. The van der Waals surface area contributed by atoms with Crippen molar-refractivity contribution in [3.05, 3.63) is 94.2 Å². The van der Waals surface area contributed by atoms with E-state index in [1.165, 1.54) is 36.4 Å². The van der Waals surface area contributed by atoms with E-state index in [0.717, 1.165) is 10.7 Å². The molecule has 36 heavy (non-hydrogen) atoms. The van der Waals surface area contributed by atoms with E-state index in [-0.39, 0.29) is 33.8 Å². The Hall–Kier alpha value is -3.37. The fraction of sp³-hybridized carbons (Fsp3) is 0.125. The first-order valence-electron chi connectivity index (χ1n) is 10.1. The van der Waals surface area contributed by atoms with E-state index in [1.54, 1.807) is 30.3 Å². The van der Waals surface area contributed by atoms with Crippen molar-refractivity contribution in [1.82, 2.24) is 9.78 Å². The molecule has 0 spiro atoms. The van der Waals surface area contributed by atoms with Crippen LogP contribution in [0.3, 0.4) is 0 Å². The van der Waals surface area contributed by atoms with Crippen molar-refractivity contribution >= 4 is 23.2 Å². The van der Waals surface area contributed by atoms with Crippen LogP contribution in [-0.2, 0) is 12.8 Å². The van der Waals surface area contributed by atoms with Crippen LogP contribution in [0.4, 0.5) is 26.3 Å². The molecule has 0 aliphatic heterocycles. The van der Waals surface area contributed by atoms with Crippen LogP contribution in [0.1, 0.15) is 11.4 Å². The van der Waals surface area contributed by atoms with E-state index in [1.807, 2.05) is 0 Å². The molecule has 0 radical (unpaired) electrons. The molecular weight excluding hydrogens is 533 g/mol.